The van der Waals surface area contributed by atoms with Crippen molar-refractivity contribution in [2.45, 2.75) is 25.3 Å². The molecule has 2 aliphatic heterocycles. The van der Waals surface area contributed by atoms with Gasteiger partial charge in [0.25, 0.3) is 5.78 Å². The lowest BCUT2D eigenvalue weighted by Gasteiger charge is -2.43. The summed E-state index contributed by atoms with van der Waals surface area (Å²) >= 11 is 2.05. The predicted octanol–water partition coefficient (Wildman–Crippen LogP) is 1.31. The van der Waals surface area contributed by atoms with Crippen molar-refractivity contribution in [1.29, 1.82) is 0 Å². The molecule has 0 aliphatic carbocycles. The summed E-state index contributed by atoms with van der Waals surface area (Å²) < 4.78 is 7.34. The second-order valence-electron chi connectivity index (χ2n) is 6.44. The lowest BCUT2D eigenvalue weighted by molar-refractivity contribution is -0.00923. The quantitative estimate of drug-likeness (QED) is 0.874. The van der Waals surface area contributed by atoms with Crippen molar-refractivity contribution in [1.82, 2.24) is 24.5 Å². The van der Waals surface area contributed by atoms with Crippen LogP contribution in [0.2, 0.25) is 0 Å². The van der Waals surface area contributed by atoms with E-state index in [-0.39, 0.29) is 5.54 Å². The molecule has 0 spiro atoms. The fraction of sp³-hybridized carbons (Fsp3) is 0.688. The molecule has 2 aliphatic rings. The van der Waals surface area contributed by atoms with Gasteiger partial charge in [0.2, 0.25) is 0 Å². The average Bonchev–Trinajstić information content (AvgIpc) is 3.30. The summed E-state index contributed by atoms with van der Waals surface area (Å²) in [6.07, 6.45) is 3.68. The highest BCUT2D eigenvalue weighted by molar-refractivity contribution is 7.99. The van der Waals surface area contributed by atoms with Crippen LogP contribution in [0.5, 0.6) is 0 Å². The maximum Gasteiger partial charge on any atom is 0.254 e. The molecule has 0 radical (unpaired) electrons. The smallest absolute Gasteiger partial charge is 0.254 e. The number of ether oxygens (including phenoxy) is 1. The number of aryl methyl sites for hydroxylation is 1. The molecule has 0 bridgehead atoms. The summed E-state index contributed by atoms with van der Waals surface area (Å²) in [6, 6.07) is 2.09. The summed E-state index contributed by atoms with van der Waals surface area (Å²) in [7, 11) is 0. The maximum atomic E-state index is 5.55. The van der Waals surface area contributed by atoms with E-state index in [2.05, 4.69) is 50.0 Å². The van der Waals surface area contributed by atoms with Crippen LogP contribution in [0.25, 0.3) is 5.78 Å². The molecule has 2 aromatic heterocycles. The van der Waals surface area contributed by atoms with E-state index in [9.17, 15) is 0 Å². The number of nitrogens with zero attached hydrogens (tertiary/aromatic N) is 5. The Morgan fingerprint density at radius 2 is 2.25 bits per heavy atom. The molecule has 1 N–H and O–H groups in total. The molecule has 0 saturated carbocycles. The first-order valence-corrected chi connectivity index (χ1v) is 9.80. The van der Waals surface area contributed by atoms with Gasteiger partial charge in [-0.1, -0.05) is 6.92 Å². The van der Waals surface area contributed by atoms with E-state index in [0.29, 0.717) is 5.78 Å². The molecule has 8 heteroatoms. The molecule has 1 atom stereocenters. The van der Waals surface area contributed by atoms with Gasteiger partial charge < -0.3 is 10.1 Å². The van der Waals surface area contributed by atoms with E-state index in [1.165, 1.54) is 17.9 Å². The zero-order chi connectivity index (χ0) is 16.4. The largest absolute Gasteiger partial charge is 0.379 e. The molecule has 24 heavy (non-hydrogen) atoms. The Hall–Kier alpha value is -1.38. The summed E-state index contributed by atoms with van der Waals surface area (Å²) in [6.45, 7) is 6.77. The van der Waals surface area contributed by atoms with Crippen LogP contribution in [0.3, 0.4) is 0 Å². The molecule has 130 valence electrons. The van der Waals surface area contributed by atoms with Crippen LogP contribution in [0.1, 0.15) is 19.0 Å². The number of thioether (sulfide) groups is 1. The van der Waals surface area contributed by atoms with Crippen LogP contribution in [0.4, 0.5) is 5.82 Å². The molecule has 4 heterocycles. The van der Waals surface area contributed by atoms with E-state index in [1.807, 2.05) is 0 Å². The molecule has 4 rings (SSSR count). The summed E-state index contributed by atoms with van der Waals surface area (Å²) in [4.78, 5) is 11.4. The molecule has 0 amide bonds. The van der Waals surface area contributed by atoms with Gasteiger partial charge in [0, 0.05) is 42.7 Å². The monoisotopic (exact) mass is 348 g/mol. The minimum Gasteiger partial charge on any atom is -0.379 e. The molecule has 2 aromatic rings. The Balaban J connectivity index is 1.57. The zero-order valence-electron chi connectivity index (χ0n) is 14.1. The van der Waals surface area contributed by atoms with E-state index < -0.39 is 0 Å². The fourth-order valence-electron chi connectivity index (χ4n) is 3.56. The average molecular weight is 348 g/mol. The second-order valence-corrected chi connectivity index (χ2v) is 7.54. The number of hydrogen-bond donors (Lipinski definition) is 1. The Labute approximate surface area is 146 Å². The van der Waals surface area contributed by atoms with Gasteiger partial charge in [0.15, 0.2) is 0 Å². The SMILES string of the molecule is CCc1cc(NC[C@]2(N3CCOCC3)CCSC2)n2ncnc2n1. The van der Waals surface area contributed by atoms with Crippen molar-refractivity contribution in [2.24, 2.45) is 0 Å². The van der Waals surface area contributed by atoms with Crippen LogP contribution < -0.4 is 5.32 Å². The molecule has 0 aromatic carbocycles. The van der Waals surface area contributed by atoms with E-state index in [0.717, 1.165) is 50.8 Å². The van der Waals surface area contributed by atoms with E-state index >= 15 is 0 Å². The van der Waals surface area contributed by atoms with Gasteiger partial charge in [0.05, 0.1) is 13.2 Å². The lowest BCUT2D eigenvalue weighted by Crippen LogP contribution is -2.57. The van der Waals surface area contributed by atoms with Crippen molar-refractivity contribution < 1.29 is 4.74 Å². The molecule has 2 fully saturated rings. The summed E-state index contributed by atoms with van der Waals surface area (Å²) in [5.41, 5.74) is 1.25. The normalized spacial score (nSPS) is 25.4. The number of morpholine rings is 1. The number of rotatable bonds is 5. The van der Waals surface area contributed by atoms with E-state index in [4.69, 9.17) is 4.74 Å². The van der Waals surface area contributed by atoms with Crippen molar-refractivity contribution in [2.75, 3.05) is 49.7 Å². The van der Waals surface area contributed by atoms with Gasteiger partial charge >= 0.3 is 0 Å². The molecule has 0 unspecified atom stereocenters. The maximum absolute atomic E-state index is 5.55. The Morgan fingerprint density at radius 1 is 1.38 bits per heavy atom. The Bertz CT molecular complexity index is 693. The third kappa shape index (κ3) is 2.98. The first-order chi connectivity index (χ1) is 11.8. The van der Waals surface area contributed by atoms with Crippen molar-refractivity contribution in [3.8, 4) is 0 Å². The summed E-state index contributed by atoms with van der Waals surface area (Å²) in [5, 5.41) is 7.97. The molecular formula is C16H24N6OS. The highest BCUT2D eigenvalue weighted by Gasteiger charge is 2.40. The molecule has 7 nitrogen and oxygen atoms in total. The lowest BCUT2D eigenvalue weighted by atomic mass is 9.95. The standard InChI is InChI=1S/C16H24N6OS/c1-2-13-9-14(22-15(20-13)18-12-19-22)17-10-16(3-8-24-11-16)21-4-6-23-7-5-21/h9,12,17H,2-8,10-11H2,1H3/t16-/m1/s1. The number of anilines is 1. The minimum absolute atomic E-state index is 0.205. The molecular weight excluding hydrogens is 324 g/mol. The topological polar surface area (TPSA) is 67.6 Å². The van der Waals surface area contributed by atoms with Crippen LogP contribution >= 0.6 is 11.8 Å². The highest BCUT2D eigenvalue weighted by Crippen LogP contribution is 2.34. The fourth-order valence-corrected chi connectivity index (χ4v) is 5.04. The number of hydrogen-bond acceptors (Lipinski definition) is 7. The van der Waals surface area contributed by atoms with Gasteiger partial charge in [-0.15, -0.1) is 0 Å². The van der Waals surface area contributed by atoms with Crippen LogP contribution in [0.15, 0.2) is 12.4 Å². The van der Waals surface area contributed by atoms with Gasteiger partial charge in [-0.3, -0.25) is 4.90 Å². The number of nitrogens with one attached hydrogen (secondary N) is 1. The Morgan fingerprint density at radius 3 is 3.00 bits per heavy atom. The number of fused-ring (bicyclic) bond motifs is 1. The van der Waals surface area contributed by atoms with Crippen molar-refractivity contribution in [3.63, 3.8) is 0 Å². The van der Waals surface area contributed by atoms with Crippen molar-refractivity contribution >= 4 is 23.4 Å². The van der Waals surface area contributed by atoms with Crippen LogP contribution in [-0.4, -0.2) is 74.4 Å². The van der Waals surface area contributed by atoms with Gasteiger partial charge in [-0.25, -0.2) is 4.98 Å². The van der Waals surface area contributed by atoms with Crippen LogP contribution in [-0.2, 0) is 11.2 Å². The van der Waals surface area contributed by atoms with Gasteiger partial charge in [0.1, 0.15) is 12.1 Å². The predicted molar refractivity (Wildman–Crippen MR) is 95.7 cm³/mol. The third-order valence-electron chi connectivity index (χ3n) is 5.03. The molecule has 2 saturated heterocycles. The number of aromatic nitrogens is 4. The Kier molecular flexibility index (Phi) is 4.60. The second kappa shape index (κ2) is 6.85. The van der Waals surface area contributed by atoms with Gasteiger partial charge in [-0.2, -0.15) is 26.4 Å². The van der Waals surface area contributed by atoms with E-state index in [1.54, 1.807) is 10.8 Å². The first kappa shape index (κ1) is 16.1. The van der Waals surface area contributed by atoms with Crippen molar-refractivity contribution in [3.05, 3.63) is 18.1 Å². The third-order valence-corrected chi connectivity index (χ3v) is 6.26. The van der Waals surface area contributed by atoms with Gasteiger partial charge in [-0.05, 0) is 18.6 Å². The zero-order valence-corrected chi connectivity index (χ0v) is 14.9. The van der Waals surface area contributed by atoms with Crippen LogP contribution in [0, 0.1) is 0 Å². The highest BCUT2D eigenvalue weighted by atomic mass is 32.2. The minimum atomic E-state index is 0.205. The summed E-state index contributed by atoms with van der Waals surface area (Å²) in [5.74, 6) is 4.05. The first-order valence-electron chi connectivity index (χ1n) is 8.65.